The Kier molecular flexibility index (Phi) is 4.52. The molecule has 0 aliphatic heterocycles. The molecule has 0 bridgehead atoms. The van der Waals surface area contributed by atoms with Crippen LogP contribution in [0.5, 0.6) is 0 Å². The number of aromatic nitrogens is 2. The number of hydrogen-bond donors (Lipinski definition) is 1. The topological polar surface area (TPSA) is 78.1 Å². The number of carbonyl (C=O) groups excluding carboxylic acids is 1. The molecule has 1 atom stereocenters. The molecule has 18 heavy (non-hydrogen) atoms. The molecule has 1 heterocycles. The molecule has 2 rings (SSSR count). The Labute approximate surface area is 118 Å². The van der Waals surface area contributed by atoms with Crippen molar-refractivity contribution >= 4 is 40.8 Å². The van der Waals surface area contributed by atoms with E-state index in [1.54, 1.807) is 11.8 Å². The quantitative estimate of drug-likeness (QED) is 0.632. The van der Waals surface area contributed by atoms with Crippen LogP contribution in [0.3, 0.4) is 0 Å². The highest BCUT2D eigenvalue weighted by Crippen LogP contribution is 2.42. The largest absolute Gasteiger partial charge is 0.468 e. The van der Waals surface area contributed by atoms with E-state index in [1.165, 1.54) is 30.2 Å². The second kappa shape index (κ2) is 5.77. The second-order valence-electron chi connectivity index (χ2n) is 4.13. The van der Waals surface area contributed by atoms with E-state index >= 15 is 0 Å². The molecule has 1 aromatic heterocycles. The Balaban J connectivity index is 1.99. The van der Waals surface area contributed by atoms with Crippen molar-refractivity contribution in [2.45, 2.75) is 27.1 Å². The van der Waals surface area contributed by atoms with Crippen LogP contribution >= 0.6 is 34.9 Å². The second-order valence-corrected chi connectivity index (χ2v) is 7.39. The maximum Gasteiger partial charge on any atom is 0.327 e. The van der Waals surface area contributed by atoms with Gasteiger partial charge in [0.05, 0.1) is 7.11 Å². The summed E-state index contributed by atoms with van der Waals surface area (Å²) in [5.74, 6) is 0.408. The summed E-state index contributed by atoms with van der Waals surface area (Å²) in [6.45, 7) is 0. The Morgan fingerprint density at radius 3 is 2.72 bits per heavy atom. The Morgan fingerprint density at radius 2 is 2.22 bits per heavy atom. The fourth-order valence-corrected chi connectivity index (χ4v) is 4.28. The van der Waals surface area contributed by atoms with Gasteiger partial charge < -0.3 is 10.5 Å². The lowest BCUT2D eigenvalue weighted by atomic mass is 9.97. The summed E-state index contributed by atoms with van der Waals surface area (Å²) in [4.78, 5) is 11.8. The average molecular weight is 305 g/mol. The van der Waals surface area contributed by atoms with Crippen LogP contribution in [-0.4, -0.2) is 40.8 Å². The summed E-state index contributed by atoms with van der Waals surface area (Å²) in [5, 5.41) is 8.07. The van der Waals surface area contributed by atoms with Crippen molar-refractivity contribution < 1.29 is 9.53 Å². The smallest absolute Gasteiger partial charge is 0.327 e. The van der Waals surface area contributed by atoms with Crippen molar-refractivity contribution in [1.29, 1.82) is 0 Å². The molecule has 8 heteroatoms. The molecular formula is C10H15N3O2S3. The zero-order chi connectivity index (χ0) is 13.2. The van der Waals surface area contributed by atoms with Gasteiger partial charge in [0.2, 0.25) is 0 Å². The lowest BCUT2D eigenvalue weighted by Gasteiger charge is -2.25. The molecule has 1 aliphatic rings. The Hall–Kier alpha value is -0.310. The molecule has 1 unspecified atom stereocenters. The summed E-state index contributed by atoms with van der Waals surface area (Å²) in [5.41, 5.74) is 5.32. The molecule has 1 fully saturated rings. The van der Waals surface area contributed by atoms with E-state index in [1.807, 2.05) is 6.26 Å². The van der Waals surface area contributed by atoms with Crippen LogP contribution in [0.4, 0.5) is 0 Å². The third kappa shape index (κ3) is 2.98. The van der Waals surface area contributed by atoms with E-state index in [4.69, 9.17) is 10.5 Å². The highest BCUT2D eigenvalue weighted by Gasteiger charge is 2.49. The standard InChI is InChI=1S/C10H15N3O2S3/c1-15-7(14)10(11,6-3-4-6)5-17-9-13-12-8(16-2)18-9/h6H,3-5,11H2,1-2H3. The number of nitrogens with zero attached hydrogens (tertiary/aromatic N) is 2. The lowest BCUT2D eigenvalue weighted by molar-refractivity contribution is -0.146. The number of rotatable bonds is 6. The van der Waals surface area contributed by atoms with Crippen LogP contribution in [0.15, 0.2) is 8.68 Å². The molecule has 1 saturated carbocycles. The highest BCUT2D eigenvalue weighted by molar-refractivity contribution is 8.03. The Bertz CT molecular complexity index is 436. The molecular weight excluding hydrogens is 290 g/mol. The van der Waals surface area contributed by atoms with Gasteiger partial charge in [-0.25, -0.2) is 0 Å². The summed E-state index contributed by atoms with van der Waals surface area (Å²) < 4.78 is 6.58. The minimum atomic E-state index is -0.884. The molecule has 5 nitrogen and oxygen atoms in total. The fraction of sp³-hybridized carbons (Fsp3) is 0.700. The first-order valence-electron chi connectivity index (χ1n) is 5.47. The molecule has 0 radical (unpaired) electrons. The first kappa shape index (κ1) is 14.1. The van der Waals surface area contributed by atoms with Crippen molar-refractivity contribution in [3.63, 3.8) is 0 Å². The molecule has 2 N–H and O–H groups in total. The predicted molar refractivity (Wildman–Crippen MR) is 74.1 cm³/mol. The van der Waals surface area contributed by atoms with Crippen molar-refractivity contribution in [3.05, 3.63) is 0 Å². The molecule has 1 aromatic rings. The minimum Gasteiger partial charge on any atom is -0.468 e. The average Bonchev–Trinajstić information content (AvgIpc) is 3.15. The van der Waals surface area contributed by atoms with E-state index < -0.39 is 5.54 Å². The number of nitrogens with two attached hydrogens (primary N) is 1. The van der Waals surface area contributed by atoms with Crippen LogP contribution < -0.4 is 5.73 Å². The molecule has 0 aromatic carbocycles. The maximum absolute atomic E-state index is 11.8. The third-order valence-electron chi connectivity index (χ3n) is 2.87. The van der Waals surface area contributed by atoms with Crippen LogP contribution in [0, 0.1) is 5.92 Å². The Morgan fingerprint density at radius 1 is 1.56 bits per heavy atom. The monoisotopic (exact) mass is 305 g/mol. The van der Waals surface area contributed by atoms with Crippen LogP contribution in [0.2, 0.25) is 0 Å². The van der Waals surface area contributed by atoms with E-state index in [2.05, 4.69) is 10.2 Å². The number of ether oxygens (including phenoxy) is 1. The summed E-state index contributed by atoms with van der Waals surface area (Å²) in [6, 6.07) is 0. The number of methoxy groups -OCH3 is 1. The van der Waals surface area contributed by atoms with Gasteiger partial charge in [0.25, 0.3) is 0 Å². The normalized spacial score (nSPS) is 18.4. The molecule has 0 spiro atoms. The van der Waals surface area contributed by atoms with Gasteiger partial charge in [-0.1, -0.05) is 34.9 Å². The molecule has 0 saturated heterocycles. The summed E-state index contributed by atoms with van der Waals surface area (Å²) >= 11 is 4.56. The van der Waals surface area contributed by atoms with E-state index in [-0.39, 0.29) is 11.9 Å². The van der Waals surface area contributed by atoms with Crippen molar-refractivity contribution in [1.82, 2.24) is 10.2 Å². The van der Waals surface area contributed by atoms with Gasteiger partial charge in [0.15, 0.2) is 8.68 Å². The first-order chi connectivity index (χ1) is 8.60. The van der Waals surface area contributed by atoms with Crippen LogP contribution in [0.1, 0.15) is 12.8 Å². The first-order valence-corrected chi connectivity index (χ1v) is 8.50. The van der Waals surface area contributed by atoms with Gasteiger partial charge in [-0.3, -0.25) is 4.79 Å². The minimum absolute atomic E-state index is 0.241. The number of esters is 1. The molecule has 1 aliphatic carbocycles. The summed E-state index contributed by atoms with van der Waals surface area (Å²) in [7, 11) is 1.38. The van der Waals surface area contributed by atoms with E-state index in [9.17, 15) is 4.79 Å². The summed E-state index contributed by atoms with van der Waals surface area (Å²) in [6.07, 6.45) is 3.96. The third-order valence-corrected chi connectivity index (χ3v) is 6.12. The SMILES string of the molecule is COC(=O)C(N)(CSc1nnc(SC)s1)C1CC1. The van der Waals surface area contributed by atoms with Crippen molar-refractivity contribution in [3.8, 4) is 0 Å². The number of hydrogen-bond acceptors (Lipinski definition) is 8. The van der Waals surface area contributed by atoms with Crippen molar-refractivity contribution in [2.75, 3.05) is 19.1 Å². The van der Waals surface area contributed by atoms with Gasteiger partial charge in [-0.2, -0.15) is 0 Å². The number of carbonyl (C=O) groups is 1. The van der Waals surface area contributed by atoms with Gasteiger partial charge in [0, 0.05) is 5.75 Å². The molecule has 0 amide bonds. The van der Waals surface area contributed by atoms with Gasteiger partial charge in [-0.15, -0.1) is 10.2 Å². The number of thioether (sulfide) groups is 2. The maximum atomic E-state index is 11.8. The highest BCUT2D eigenvalue weighted by atomic mass is 32.2. The van der Waals surface area contributed by atoms with Gasteiger partial charge >= 0.3 is 5.97 Å². The van der Waals surface area contributed by atoms with Crippen LogP contribution in [0.25, 0.3) is 0 Å². The molecule has 100 valence electrons. The van der Waals surface area contributed by atoms with Gasteiger partial charge in [-0.05, 0) is 25.0 Å². The van der Waals surface area contributed by atoms with E-state index in [0.29, 0.717) is 5.75 Å². The zero-order valence-electron chi connectivity index (χ0n) is 10.2. The van der Waals surface area contributed by atoms with Crippen LogP contribution in [-0.2, 0) is 9.53 Å². The lowest BCUT2D eigenvalue weighted by Crippen LogP contribution is -2.53. The van der Waals surface area contributed by atoms with Crippen molar-refractivity contribution in [2.24, 2.45) is 11.7 Å². The van der Waals surface area contributed by atoms with Gasteiger partial charge in [0.1, 0.15) is 5.54 Å². The zero-order valence-corrected chi connectivity index (χ0v) is 12.7. The van der Waals surface area contributed by atoms with E-state index in [0.717, 1.165) is 21.5 Å². The fourth-order valence-electron chi connectivity index (χ4n) is 1.65. The predicted octanol–water partition coefficient (Wildman–Crippen LogP) is 1.63.